The number of hydrogen-bond acceptors (Lipinski definition) is 7. The molecule has 0 saturated carbocycles. The summed E-state index contributed by atoms with van der Waals surface area (Å²) in [5.74, 6) is -0.814. The van der Waals surface area contributed by atoms with E-state index in [1.54, 1.807) is 0 Å². The third kappa shape index (κ3) is 43.6. The van der Waals surface area contributed by atoms with Crippen molar-refractivity contribution >= 4 is 19.8 Å². The van der Waals surface area contributed by atoms with Crippen molar-refractivity contribution in [2.75, 3.05) is 47.5 Å². The number of phosphoric ester groups is 1. The van der Waals surface area contributed by atoms with Crippen LogP contribution in [0.5, 0.6) is 0 Å². The van der Waals surface area contributed by atoms with Crippen molar-refractivity contribution in [2.45, 2.75) is 206 Å². The first-order valence-electron chi connectivity index (χ1n) is 23.2. The fourth-order valence-corrected chi connectivity index (χ4v) is 6.94. The van der Waals surface area contributed by atoms with Crippen LogP contribution < -0.4 is 0 Å². The quantitative estimate of drug-likeness (QED) is 0.0213. The number of carbonyl (C=O) groups is 2. The van der Waals surface area contributed by atoms with Crippen molar-refractivity contribution in [3.63, 3.8) is 0 Å². The summed E-state index contributed by atoms with van der Waals surface area (Å²) >= 11 is 0. The standard InChI is InChI=1S/C47H88NO8P/c1-6-8-10-12-14-16-18-20-22-23-24-25-26-28-30-32-34-36-38-40-47(50)56-45(44-55-57(51,52)54-42-41-48(3,4)5)43-53-46(49)39-37-35-33-31-29-27-21-19-17-15-13-11-9-7-2/h13,15,19-22,45H,6-12,14,16-18,23-44H2,1-5H3/p+1/b15-13+,21-19+,22-20+/t45-/m1/s1. The largest absolute Gasteiger partial charge is 0.472 e. The molecule has 0 bridgehead atoms. The van der Waals surface area contributed by atoms with Crippen LogP contribution in [0.25, 0.3) is 0 Å². The van der Waals surface area contributed by atoms with Crippen LogP contribution in [0.1, 0.15) is 200 Å². The number of hydrogen-bond donors (Lipinski definition) is 1. The molecular formula is C47H89NO8P+. The Balaban J connectivity index is 4.32. The normalized spacial score (nSPS) is 13.9. The molecule has 9 nitrogen and oxygen atoms in total. The van der Waals surface area contributed by atoms with Crippen LogP contribution in [0.3, 0.4) is 0 Å². The van der Waals surface area contributed by atoms with Crippen LogP contribution in [0.15, 0.2) is 36.5 Å². The van der Waals surface area contributed by atoms with Gasteiger partial charge in [-0.25, -0.2) is 4.57 Å². The fraction of sp³-hybridized carbons (Fsp3) is 0.830. The van der Waals surface area contributed by atoms with E-state index < -0.39 is 26.5 Å². The Kier molecular flexibility index (Phi) is 38.4. The highest BCUT2D eigenvalue weighted by Gasteiger charge is 2.27. The number of rotatable bonds is 42. The second-order valence-corrected chi connectivity index (χ2v) is 18.2. The summed E-state index contributed by atoms with van der Waals surface area (Å²) in [5, 5.41) is 0. The van der Waals surface area contributed by atoms with Gasteiger partial charge in [-0.3, -0.25) is 18.6 Å². The number of nitrogens with zero attached hydrogens (tertiary/aromatic N) is 1. The summed E-state index contributed by atoms with van der Waals surface area (Å²) in [4.78, 5) is 35.4. The van der Waals surface area contributed by atoms with Gasteiger partial charge in [0.15, 0.2) is 6.10 Å². The minimum atomic E-state index is -4.38. The lowest BCUT2D eigenvalue weighted by molar-refractivity contribution is -0.870. The van der Waals surface area contributed by atoms with Crippen LogP contribution >= 0.6 is 7.82 Å². The van der Waals surface area contributed by atoms with Gasteiger partial charge in [-0.05, 0) is 64.2 Å². The van der Waals surface area contributed by atoms with Gasteiger partial charge in [-0.15, -0.1) is 0 Å². The minimum Gasteiger partial charge on any atom is -0.462 e. The number of esters is 2. The van der Waals surface area contributed by atoms with Gasteiger partial charge < -0.3 is 18.9 Å². The van der Waals surface area contributed by atoms with E-state index in [9.17, 15) is 19.0 Å². The first-order valence-corrected chi connectivity index (χ1v) is 24.7. The molecule has 0 heterocycles. The molecule has 0 radical (unpaired) electrons. The molecule has 0 spiro atoms. The Labute approximate surface area is 351 Å². The number of allylic oxidation sites excluding steroid dienone is 6. The molecule has 2 atom stereocenters. The predicted molar refractivity (Wildman–Crippen MR) is 238 cm³/mol. The topological polar surface area (TPSA) is 108 Å². The number of likely N-dealkylation sites (N-methyl/N-ethyl adjacent to an activating group) is 1. The maximum Gasteiger partial charge on any atom is 0.472 e. The summed E-state index contributed by atoms with van der Waals surface area (Å²) in [7, 11) is 1.47. The van der Waals surface area contributed by atoms with Gasteiger partial charge in [0, 0.05) is 12.8 Å². The molecule has 0 fully saturated rings. The molecule has 57 heavy (non-hydrogen) atoms. The summed E-state index contributed by atoms with van der Waals surface area (Å²) in [6.45, 7) is 4.37. The summed E-state index contributed by atoms with van der Waals surface area (Å²) < 4.78 is 34.3. The van der Waals surface area contributed by atoms with Crippen molar-refractivity contribution in [3.05, 3.63) is 36.5 Å². The first-order chi connectivity index (χ1) is 27.5. The Bertz CT molecular complexity index is 1070. The van der Waals surface area contributed by atoms with Gasteiger partial charge in [0.05, 0.1) is 27.7 Å². The first kappa shape index (κ1) is 55.2. The van der Waals surface area contributed by atoms with Crippen molar-refractivity contribution in [2.24, 2.45) is 0 Å². The monoisotopic (exact) mass is 827 g/mol. The van der Waals surface area contributed by atoms with Gasteiger partial charge in [0.25, 0.3) is 0 Å². The van der Waals surface area contributed by atoms with Gasteiger partial charge in [0.2, 0.25) is 0 Å². The molecule has 0 aliphatic carbocycles. The molecule has 0 aliphatic heterocycles. The molecule has 0 amide bonds. The van der Waals surface area contributed by atoms with Gasteiger partial charge in [0.1, 0.15) is 19.8 Å². The lowest BCUT2D eigenvalue weighted by Crippen LogP contribution is -2.37. The Morgan fingerprint density at radius 2 is 0.965 bits per heavy atom. The third-order valence-corrected chi connectivity index (χ3v) is 10.9. The van der Waals surface area contributed by atoms with Crippen LogP contribution in [0, 0.1) is 0 Å². The number of phosphoric acid groups is 1. The van der Waals surface area contributed by atoms with E-state index >= 15 is 0 Å². The summed E-state index contributed by atoms with van der Waals surface area (Å²) in [6, 6.07) is 0. The van der Waals surface area contributed by atoms with Crippen LogP contribution in [0.4, 0.5) is 0 Å². The molecule has 0 aliphatic rings. The number of ether oxygens (including phenoxy) is 2. The second kappa shape index (κ2) is 39.7. The van der Waals surface area contributed by atoms with E-state index in [1.807, 2.05) is 21.1 Å². The van der Waals surface area contributed by atoms with E-state index in [1.165, 1.54) is 103 Å². The average Bonchev–Trinajstić information content (AvgIpc) is 3.16. The van der Waals surface area contributed by atoms with E-state index in [0.717, 1.165) is 64.2 Å². The average molecular weight is 827 g/mol. The van der Waals surface area contributed by atoms with Crippen molar-refractivity contribution < 1.29 is 42.1 Å². The summed E-state index contributed by atoms with van der Waals surface area (Å²) in [6.07, 6.45) is 44.7. The van der Waals surface area contributed by atoms with E-state index in [0.29, 0.717) is 17.4 Å². The Morgan fingerprint density at radius 1 is 0.544 bits per heavy atom. The highest BCUT2D eigenvalue weighted by molar-refractivity contribution is 7.47. The zero-order valence-electron chi connectivity index (χ0n) is 37.6. The number of carbonyl (C=O) groups excluding carboxylic acids is 2. The zero-order chi connectivity index (χ0) is 42.1. The van der Waals surface area contributed by atoms with E-state index in [2.05, 4.69) is 50.3 Å². The Hall–Kier alpha value is -1.77. The lowest BCUT2D eigenvalue weighted by Gasteiger charge is -2.24. The highest BCUT2D eigenvalue weighted by Crippen LogP contribution is 2.43. The van der Waals surface area contributed by atoms with Crippen LogP contribution in [-0.2, 0) is 32.7 Å². The van der Waals surface area contributed by atoms with Crippen LogP contribution in [-0.4, -0.2) is 74.9 Å². The van der Waals surface area contributed by atoms with Gasteiger partial charge in [-0.2, -0.15) is 0 Å². The Morgan fingerprint density at radius 3 is 1.46 bits per heavy atom. The summed E-state index contributed by atoms with van der Waals surface area (Å²) in [5.41, 5.74) is 0. The fourth-order valence-electron chi connectivity index (χ4n) is 6.20. The third-order valence-electron chi connectivity index (χ3n) is 9.89. The number of quaternary nitrogens is 1. The minimum absolute atomic E-state index is 0.0290. The molecule has 1 unspecified atom stereocenters. The maximum atomic E-state index is 12.7. The molecule has 1 N–H and O–H groups in total. The van der Waals surface area contributed by atoms with Crippen LogP contribution in [0.2, 0.25) is 0 Å². The molecule has 0 aromatic heterocycles. The van der Waals surface area contributed by atoms with Gasteiger partial charge in [-0.1, -0.05) is 159 Å². The van der Waals surface area contributed by atoms with E-state index in [4.69, 9.17) is 18.5 Å². The lowest BCUT2D eigenvalue weighted by atomic mass is 10.1. The molecule has 0 aromatic carbocycles. The molecule has 334 valence electrons. The predicted octanol–water partition coefficient (Wildman–Crippen LogP) is 13.3. The molecule has 0 rings (SSSR count). The highest BCUT2D eigenvalue weighted by atomic mass is 31.2. The molecule has 10 heteroatoms. The molecule has 0 saturated heterocycles. The zero-order valence-corrected chi connectivity index (χ0v) is 38.5. The van der Waals surface area contributed by atoms with E-state index in [-0.39, 0.29) is 32.0 Å². The van der Waals surface area contributed by atoms with Crippen molar-refractivity contribution in [1.29, 1.82) is 0 Å². The smallest absolute Gasteiger partial charge is 0.462 e. The molecular weight excluding hydrogens is 737 g/mol. The van der Waals surface area contributed by atoms with Crippen molar-refractivity contribution in [3.8, 4) is 0 Å². The molecule has 0 aromatic rings. The van der Waals surface area contributed by atoms with Gasteiger partial charge >= 0.3 is 19.8 Å². The van der Waals surface area contributed by atoms with Crippen molar-refractivity contribution in [1.82, 2.24) is 0 Å². The maximum absolute atomic E-state index is 12.7. The SMILES string of the molecule is CCCC/C=C/C/C=C/CCCCCCCC(=O)OC[C@H](COP(=O)(O)OCC[N+](C)(C)C)OC(=O)CCCCCCCCCCC/C=C/CCCCCCCC. The second-order valence-electron chi connectivity index (χ2n) is 16.8. The number of unbranched alkanes of at least 4 members (excludes halogenated alkanes) is 22.